The minimum Gasteiger partial charge on any atom is -0.336 e. The molecule has 0 aliphatic rings. The van der Waals surface area contributed by atoms with E-state index in [2.05, 4.69) is 9.97 Å². The number of rotatable bonds is 4. The summed E-state index contributed by atoms with van der Waals surface area (Å²) in [5, 5.41) is -0.109. The van der Waals surface area contributed by atoms with E-state index >= 15 is 0 Å². The number of nitrogens with zero attached hydrogens (tertiary/aromatic N) is 4. The summed E-state index contributed by atoms with van der Waals surface area (Å²) in [4.78, 5) is 7.82. The highest BCUT2D eigenvalue weighted by molar-refractivity contribution is 8.13. The fourth-order valence-electron chi connectivity index (χ4n) is 1.47. The molecule has 8 heteroatoms. The fraction of sp³-hybridized carbons (Fsp3) is 0.333. The summed E-state index contributed by atoms with van der Waals surface area (Å²) < 4.78 is 25.9. The van der Waals surface area contributed by atoms with Crippen LogP contribution in [0.1, 0.15) is 5.82 Å². The largest absolute Gasteiger partial charge is 0.336 e. The summed E-state index contributed by atoms with van der Waals surface area (Å²) in [5.74, 6) is 0.615. The van der Waals surface area contributed by atoms with Crippen LogP contribution < -0.4 is 0 Å². The van der Waals surface area contributed by atoms with Gasteiger partial charge in [-0.3, -0.25) is 0 Å². The molecular weight excluding hydrogens is 264 g/mol. The molecule has 92 valence electrons. The van der Waals surface area contributed by atoms with E-state index in [1.165, 1.54) is 6.20 Å². The van der Waals surface area contributed by atoms with Crippen molar-refractivity contribution < 1.29 is 8.42 Å². The molecule has 0 fully saturated rings. The SMILES string of the molecule is Cc1nc(S(=O)(=O)Cl)cn1CCn1ccnc1. The zero-order chi connectivity index (χ0) is 12.5. The third-order valence-electron chi connectivity index (χ3n) is 2.36. The van der Waals surface area contributed by atoms with E-state index in [9.17, 15) is 8.42 Å². The maximum atomic E-state index is 11.1. The van der Waals surface area contributed by atoms with Gasteiger partial charge in [-0.05, 0) is 6.92 Å². The lowest BCUT2D eigenvalue weighted by Crippen LogP contribution is -2.06. The zero-order valence-corrected chi connectivity index (χ0v) is 10.7. The third-order valence-corrected chi connectivity index (χ3v) is 3.53. The van der Waals surface area contributed by atoms with Crippen LogP contribution in [-0.2, 0) is 22.1 Å². The van der Waals surface area contributed by atoms with Crippen LogP contribution in [0, 0.1) is 6.92 Å². The minimum absolute atomic E-state index is 0.109. The second-order valence-electron chi connectivity index (χ2n) is 3.56. The Morgan fingerprint density at radius 1 is 1.41 bits per heavy atom. The van der Waals surface area contributed by atoms with Crippen LogP contribution in [0.2, 0.25) is 0 Å². The normalized spacial score (nSPS) is 11.9. The Bertz CT molecular complexity index is 603. The van der Waals surface area contributed by atoms with Crippen molar-refractivity contribution in [3.8, 4) is 0 Å². The van der Waals surface area contributed by atoms with Crippen LogP contribution in [0.4, 0.5) is 0 Å². The summed E-state index contributed by atoms with van der Waals surface area (Å²) in [7, 11) is 1.47. The molecule has 0 aliphatic heterocycles. The van der Waals surface area contributed by atoms with Crippen molar-refractivity contribution in [2.75, 3.05) is 0 Å². The van der Waals surface area contributed by atoms with E-state index in [1.54, 1.807) is 24.0 Å². The first kappa shape index (κ1) is 12.1. The Labute approximate surface area is 103 Å². The van der Waals surface area contributed by atoms with Gasteiger partial charge in [-0.15, -0.1) is 0 Å². The van der Waals surface area contributed by atoms with Crippen molar-refractivity contribution in [2.24, 2.45) is 0 Å². The van der Waals surface area contributed by atoms with Gasteiger partial charge >= 0.3 is 0 Å². The van der Waals surface area contributed by atoms with Crippen molar-refractivity contribution in [2.45, 2.75) is 25.0 Å². The van der Waals surface area contributed by atoms with E-state index in [0.29, 0.717) is 18.9 Å². The van der Waals surface area contributed by atoms with Crippen molar-refractivity contribution in [1.29, 1.82) is 0 Å². The number of aryl methyl sites for hydroxylation is 3. The fourth-order valence-corrected chi connectivity index (χ4v) is 2.18. The molecule has 0 amide bonds. The van der Waals surface area contributed by atoms with Gasteiger partial charge < -0.3 is 9.13 Å². The second-order valence-corrected chi connectivity index (χ2v) is 6.07. The molecule has 0 aliphatic carbocycles. The molecule has 2 aromatic heterocycles. The summed E-state index contributed by atoms with van der Waals surface area (Å²) in [6.07, 6.45) is 6.67. The molecule has 0 radical (unpaired) electrons. The van der Waals surface area contributed by atoms with Crippen LogP contribution in [0.15, 0.2) is 29.9 Å². The highest BCUT2D eigenvalue weighted by Gasteiger charge is 2.15. The first-order chi connectivity index (χ1) is 7.97. The predicted molar refractivity (Wildman–Crippen MR) is 62.2 cm³/mol. The van der Waals surface area contributed by atoms with Gasteiger partial charge in [0.25, 0.3) is 9.05 Å². The number of aromatic nitrogens is 4. The van der Waals surface area contributed by atoms with Gasteiger partial charge in [-0.25, -0.2) is 18.4 Å². The summed E-state index contributed by atoms with van der Waals surface area (Å²) in [6.45, 7) is 3.04. The summed E-state index contributed by atoms with van der Waals surface area (Å²) in [5.41, 5.74) is 0. The molecule has 6 nitrogen and oxygen atoms in total. The number of halogens is 1. The van der Waals surface area contributed by atoms with E-state index in [4.69, 9.17) is 10.7 Å². The van der Waals surface area contributed by atoms with Gasteiger partial charge in [0.15, 0.2) is 5.03 Å². The highest BCUT2D eigenvalue weighted by atomic mass is 35.7. The van der Waals surface area contributed by atoms with Crippen molar-refractivity contribution >= 4 is 19.7 Å². The topological polar surface area (TPSA) is 69.8 Å². The molecule has 0 saturated carbocycles. The second kappa shape index (κ2) is 4.50. The Morgan fingerprint density at radius 2 is 2.18 bits per heavy atom. The average molecular weight is 275 g/mol. The Balaban J connectivity index is 2.14. The lowest BCUT2D eigenvalue weighted by Gasteiger charge is -2.04. The van der Waals surface area contributed by atoms with E-state index < -0.39 is 9.05 Å². The lowest BCUT2D eigenvalue weighted by molar-refractivity contribution is 0.567. The van der Waals surface area contributed by atoms with Crippen molar-refractivity contribution in [3.63, 3.8) is 0 Å². The van der Waals surface area contributed by atoms with Gasteiger partial charge in [0.1, 0.15) is 5.82 Å². The molecule has 17 heavy (non-hydrogen) atoms. The predicted octanol–water partition coefficient (Wildman–Crippen LogP) is 1.02. The van der Waals surface area contributed by atoms with Crippen LogP contribution in [0.3, 0.4) is 0 Å². The first-order valence-corrected chi connectivity index (χ1v) is 7.22. The molecule has 2 rings (SSSR count). The van der Waals surface area contributed by atoms with Crippen LogP contribution in [0.25, 0.3) is 0 Å². The molecule has 2 heterocycles. The maximum absolute atomic E-state index is 11.1. The Kier molecular flexibility index (Phi) is 3.21. The van der Waals surface area contributed by atoms with Gasteiger partial charge in [-0.2, -0.15) is 0 Å². The monoisotopic (exact) mass is 274 g/mol. The molecule has 0 unspecified atom stereocenters. The molecule has 2 aromatic rings. The number of imidazole rings is 2. The quantitative estimate of drug-likeness (QED) is 0.781. The van der Waals surface area contributed by atoms with Crippen LogP contribution in [0.5, 0.6) is 0 Å². The van der Waals surface area contributed by atoms with E-state index in [0.717, 1.165) is 0 Å². The molecule has 0 bridgehead atoms. The van der Waals surface area contributed by atoms with Crippen molar-refractivity contribution in [3.05, 3.63) is 30.7 Å². The molecule has 0 saturated heterocycles. The molecular formula is C9H11ClN4O2S. The molecule has 0 atom stereocenters. The summed E-state index contributed by atoms with van der Waals surface area (Å²) >= 11 is 0. The number of hydrogen-bond acceptors (Lipinski definition) is 4. The zero-order valence-electron chi connectivity index (χ0n) is 9.12. The molecule has 0 spiro atoms. The first-order valence-electron chi connectivity index (χ1n) is 4.91. The maximum Gasteiger partial charge on any atom is 0.280 e. The minimum atomic E-state index is -3.76. The summed E-state index contributed by atoms with van der Waals surface area (Å²) in [6, 6.07) is 0. The Morgan fingerprint density at radius 3 is 2.71 bits per heavy atom. The lowest BCUT2D eigenvalue weighted by atomic mass is 10.5. The number of hydrogen-bond donors (Lipinski definition) is 0. The standard InChI is InChI=1S/C9H11ClN4O2S/c1-8-12-9(17(10,15)16)6-14(8)5-4-13-3-2-11-7-13/h2-3,6-7H,4-5H2,1H3. The van der Waals surface area contributed by atoms with Crippen molar-refractivity contribution in [1.82, 2.24) is 19.1 Å². The van der Waals surface area contributed by atoms with Gasteiger partial charge in [0, 0.05) is 42.4 Å². The smallest absolute Gasteiger partial charge is 0.280 e. The van der Waals surface area contributed by atoms with Gasteiger partial charge in [0.2, 0.25) is 0 Å². The molecule has 0 aromatic carbocycles. The van der Waals surface area contributed by atoms with Crippen LogP contribution in [-0.4, -0.2) is 27.5 Å². The average Bonchev–Trinajstić information content (AvgIpc) is 2.83. The third kappa shape index (κ3) is 2.86. The van der Waals surface area contributed by atoms with E-state index in [1.807, 2.05) is 10.8 Å². The highest BCUT2D eigenvalue weighted by Crippen LogP contribution is 2.14. The van der Waals surface area contributed by atoms with Crippen LogP contribution >= 0.6 is 10.7 Å². The Hall–Kier alpha value is -1.34. The molecule has 0 N–H and O–H groups in total. The van der Waals surface area contributed by atoms with E-state index in [-0.39, 0.29) is 5.03 Å². The van der Waals surface area contributed by atoms with Gasteiger partial charge in [-0.1, -0.05) is 0 Å². The van der Waals surface area contributed by atoms with Gasteiger partial charge in [0.05, 0.1) is 6.33 Å².